The van der Waals surface area contributed by atoms with Gasteiger partial charge in [0.15, 0.2) is 0 Å². The van der Waals surface area contributed by atoms with Gasteiger partial charge in [0.2, 0.25) is 0 Å². The van der Waals surface area contributed by atoms with Crippen molar-refractivity contribution < 1.29 is 13.9 Å². The Bertz CT molecular complexity index is 378. The van der Waals surface area contributed by atoms with Crippen molar-refractivity contribution in [2.24, 2.45) is 0 Å². The van der Waals surface area contributed by atoms with Crippen LogP contribution in [0.25, 0.3) is 0 Å². The molecule has 0 aliphatic carbocycles. The quantitative estimate of drug-likeness (QED) is 0.578. The van der Waals surface area contributed by atoms with E-state index in [1.165, 1.54) is 18.6 Å². The standard InChI is InChI=1S/C14H18ClFO2/c15-10-11-9-12(16)5-6-14(11)18-8-2-4-13-3-1-7-17-13/h5-6,9,13H,1-4,7-8,10H2. The highest BCUT2D eigenvalue weighted by molar-refractivity contribution is 6.17. The maximum Gasteiger partial charge on any atom is 0.123 e. The number of hydrogen-bond acceptors (Lipinski definition) is 2. The van der Waals surface area contributed by atoms with Crippen LogP contribution < -0.4 is 4.74 Å². The Morgan fingerprint density at radius 3 is 3.06 bits per heavy atom. The van der Waals surface area contributed by atoms with Crippen molar-refractivity contribution in [2.45, 2.75) is 37.7 Å². The summed E-state index contributed by atoms with van der Waals surface area (Å²) in [5.41, 5.74) is 0.703. The molecule has 1 aliphatic heterocycles. The van der Waals surface area contributed by atoms with E-state index in [1.54, 1.807) is 6.07 Å². The van der Waals surface area contributed by atoms with Crippen molar-refractivity contribution in [2.75, 3.05) is 13.2 Å². The Balaban J connectivity index is 1.75. The van der Waals surface area contributed by atoms with E-state index in [0.717, 1.165) is 25.9 Å². The maximum absolute atomic E-state index is 13.0. The van der Waals surface area contributed by atoms with Crippen molar-refractivity contribution in [3.05, 3.63) is 29.6 Å². The topological polar surface area (TPSA) is 18.5 Å². The number of alkyl halides is 1. The molecule has 2 rings (SSSR count). The van der Waals surface area contributed by atoms with Gasteiger partial charge in [0.05, 0.1) is 18.6 Å². The van der Waals surface area contributed by atoms with Crippen LogP contribution in [-0.2, 0) is 10.6 Å². The summed E-state index contributed by atoms with van der Waals surface area (Å²) < 4.78 is 24.2. The van der Waals surface area contributed by atoms with Crippen LogP contribution in [0, 0.1) is 5.82 Å². The normalized spacial score (nSPS) is 19.1. The molecule has 4 heteroatoms. The minimum atomic E-state index is -0.280. The third kappa shape index (κ3) is 3.85. The molecule has 2 nitrogen and oxygen atoms in total. The van der Waals surface area contributed by atoms with E-state index in [0.29, 0.717) is 24.0 Å². The minimum absolute atomic E-state index is 0.263. The summed E-state index contributed by atoms with van der Waals surface area (Å²) in [4.78, 5) is 0. The molecule has 1 unspecified atom stereocenters. The molecule has 1 heterocycles. The van der Waals surface area contributed by atoms with Crippen LogP contribution in [0.5, 0.6) is 5.75 Å². The van der Waals surface area contributed by atoms with Crippen molar-refractivity contribution in [1.29, 1.82) is 0 Å². The smallest absolute Gasteiger partial charge is 0.123 e. The average Bonchev–Trinajstić information content (AvgIpc) is 2.89. The fourth-order valence-electron chi connectivity index (χ4n) is 2.16. The average molecular weight is 273 g/mol. The van der Waals surface area contributed by atoms with Gasteiger partial charge in [-0.3, -0.25) is 0 Å². The van der Waals surface area contributed by atoms with Crippen LogP contribution in [0.4, 0.5) is 4.39 Å². The zero-order chi connectivity index (χ0) is 12.8. The second-order valence-electron chi connectivity index (χ2n) is 4.51. The first-order valence-electron chi connectivity index (χ1n) is 6.38. The highest BCUT2D eigenvalue weighted by Gasteiger charge is 2.14. The van der Waals surface area contributed by atoms with E-state index in [4.69, 9.17) is 21.1 Å². The minimum Gasteiger partial charge on any atom is -0.493 e. The Labute approximate surface area is 112 Å². The number of halogens is 2. The molecule has 0 amide bonds. The summed E-state index contributed by atoms with van der Waals surface area (Å²) in [5, 5.41) is 0. The van der Waals surface area contributed by atoms with Crippen molar-refractivity contribution in [3.63, 3.8) is 0 Å². The fourth-order valence-corrected chi connectivity index (χ4v) is 2.37. The van der Waals surface area contributed by atoms with Crippen LogP contribution in [-0.4, -0.2) is 19.3 Å². The molecule has 1 saturated heterocycles. The van der Waals surface area contributed by atoms with E-state index in [2.05, 4.69) is 0 Å². The van der Waals surface area contributed by atoms with Gasteiger partial charge in [-0.2, -0.15) is 0 Å². The maximum atomic E-state index is 13.0. The Kier molecular flexibility index (Phi) is 5.26. The van der Waals surface area contributed by atoms with Crippen molar-refractivity contribution in [3.8, 4) is 5.75 Å². The summed E-state index contributed by atoms with van der Waals surface area (Å²) in [7, 11) is 0. The van der Waals surface area contributed by atoms with Gasteiger partial charge in [-0.25, -0.2) is 4.39 Å². The van der Waals surface area contributed by atoms with Crippen LogP contribution in [0.3, 0.4) is 0 Å². The summed E-state index contributed by atoms with van der Waals surface area (Å²) in [5.74, 6) is 0.662. The van der Waals surface area contributed by atoms with Gasteiger partial charge in [-0.1, -0.05) is 0 Å². The lowest BCUT2D eigenvalue weighted by Gasteiger charge is -2.12. The van der Waals surface area contributed by atoms with Crippen LogP contribution in [0.1, 0.15) is 31.2 Å². The lowest BCUT2D eigenvalue weighted by molar-refractivity contribution is 0.0981. The van der Waals surface area contributed by atoms with Crippen molar-refractivity contribution >= 4 is 11.6 Å². The van der Waals surface area contributed by atoms with Crippen LogP contribution in [0.2, 0.25) is 0 Å². The van der Waals surface area contributed by atoms with E-state index in [9.17, 15) is 4.39 Å². The first-order valence-corrected chi connectivity index (χ1v) is 6.92. The monoisotopic (exact) mass is 272 g/mol. The number of benzene rings is 1. The predicted octanol–water partition coefficient (Wildman–Crippen LogP) is 3.90. The van der Waals surface area contributed by atoms with E-state index < -0.39 is 0 Å². The molecule has 0 aromatic heterocycles. The molecule has 0 spiro atoms. The molecule has 1 aromatic rings. The molecule has 1 fully saturated rings. The summed E-state index contributed by atoms with van der Waals surface area (Å²) in [6, 6.07) is 4.45. The van der Waals surface area contributed by atoms with Gasteiger partial charge in [0.25, 0.3) is 0 Å². The molecule has 0 radical (unpaired) electrons. The SMILES string of the molecule is Fc1ccc(OCCCC2CCCO2)c(CCl)c1. The van der Waals surface area contributed by atoms with Gasteiger partial charge in [0.1, 0.15) is 11.6 Å². The highest BCUT2D eigenvalue weighted by atomic mass is 35.5. The Morgan fingerprint density at radius 1 is 1.44 bits per heavy atom. The first-order chi connectivity index (χ1) is 8.79. The second-order valence-corrected chi connectivity index (χ2v) is 4.78. The van der Waals surface area contributed by atoms with E-state index >= 15 is 0 Å². The molecule has 0 bridgehead atoms. The Hall–Kier alpha value is -0.800. The molecular weight excluding hydrogens is 255 g/mol. The van der Waals surface area contributed by atoms with Crippen LogP contribution >= 0.6 is 11.6 Å². The first kappa shape index (κ1) is 13.6. The molecule has 18 heavy (non-hydrogen) atoms. The predicted molar refractivity (Wildman–Crippen MR) is 69.7 cm³/mol. The zero-order valence-electron chi connectivity index (χ0n) is 10.3. The van der Waals surface area contributed by atoms with E-state index in [1.807, 2.05) is 0 Å². The Morgan fingerprint density at radius 2 is 2.33 bits per heavy atom. The zero-order valence-corrected chi connectivity index (χ0v) is 11.1. The van der Waals surface area contributed by atoms with Gasteiger partial charge in [-0.15, -0.1) is 11.6 Å². The molecule has 0 saturated carbocycles. The number of ether oxygens (including phenoxy) is 2. The summed E-state index contributed by atoms with van der Waals surface area (Å²) >= 11 is 5.75. The van der Waals surface area contributed by atoms with Crippen LogP contribution in [0.15, 0.2) is 18.2 Å². The third-order valence-corrected chi connectivity index (χ3v) is 3.41. The fraction of sp³-hybridized carbons (Fsp3) is 0.571. The van der Waals surface area contributed by atoms with Gasteiger partial charge in [0, 0.05) is 12.2 Å². The molecule has 0 N–H and O–H groups in total. The molecular formula is C14H18ClFO2. The van der Waals surface area contributed by atoms with Crippen molar-refractivity contribution in [1.82, 2.24) is 0 Å². The summed E-state index contributed by atoms with van der Waals surface area (Å²) in [6.07, 6.45) is 4.69. The number of hydrogen-bond donors (Lipinski definition) is 0. The summed E-state index contributed by atoms with van der Waals surface area (Å²) in [6.45, 7) is 1.51. The third-order valence-electron chi connectivity index (χ3n) is 3.12. The van der Waals surface area contributed by atoms with Gasteiger partial charge in [-0.05, 0) is 43.9 Å². The second kappa shape index (κ2) is 6.95. The largest absolute Gasteiger partial charge is 0.493 e. The highest BCUT2D eigenvalue weighted by Crippen LogP contribution is 2.22. The lowest BCUT2D eigenvalue weighted by atomic mass is 10.1. The molecule has 1 aromatic carbocycles. The molecule has 1 atom stereocenters. The lowest BCUT2D eigenvalue weighted by Crippen LogP contribution is -2.08. The van der Waals surface area contributed by atoms with Gasteiger partial charge < -0.3 is 9.47 Å². The number of rotatable bonds is 6. The molecule has 100 valence electrons. The van der Waals surface area contributed by atoms with Gasteiger partial charge >= 0.3 is 0 Å². The van der Waals surface area contributed by atoms with E-state index in [-0.39, 0.29) is 11.7 Å². The molecule has 1 aliphatic rings.